The molecule has 3 heterocycles. The molecule has 0 atom stereocenters. The quantitative estimate of drug-likeness (QED) is 0.416. The Morgan fingerprint density at radius 2 is 1.85 bits per heavy atom. The first kappa shape index (κ1) is 21.5. The van der Waals surface area contributed by atoms with Crippen molar-refractivity contribution in [3.63, 3.8) is 0 Å². The van der Waals surface area contributed by atoms with Gasteiger partial charge in [-0.15, -0.1) is 11.3 Å². The van der Waals surface area contributed by atoms with E-state index in [0.717, 1.165) is 41.6 Å². The number of carbonyl (C=O) groups excluding carboxylic acids is 1. The first-order chi connectivity index (χ1) is 15.8. The van der Waals surface area contributed by atoms with E-state index in [4.69, 9.17) is 10.7 Å². The van der Waals surface area contributed by atoms with Crippen LogP contribution in [0.3, 0.4) is 0 Å². The van der Waals surface area contributed by atoms with Gasteiger partial charge in [-0.25, -0.2) is 28.1 Å². The van der Waals surface area contributed by atoms with Crippen molar-refractivity contribution in [3.8, 4) is 0 Å². The predicted molar refractivity (Wildman–Crippen MR) is 128 cm³/mol. The molecule has 1 aliphatic carbocycles. The zero-order chi connectivity index (χ0) is 23.2. The van der Waals surface area contributed by atoms with Crippen molar-refractivity contribution in [2.75, 3.05) is 10.5 Å². The molecule has 8 nitrogen and oxygen atoms in total. The van der Waals surface area contributed by atoms with E-state index in [1.54, 1.807) is 13.0 Å². The molecule has 0 saturated heterocycles. The summed E-state index contributed by atoms with van der Waals surface area (Å²) in [5.41, 5.74) is 10.1. The van der Waals surface area contributed by atoms with Crippen LogP contribution in [0.2, 0.25) is 0 Å². The van der Waals surface area contributed by atoms with Crippen molar-refractivity contribution in [1.82, 2.24) is 15.0 Å². The van der Waals surface area contributed by atoms with Gasteiger partial charge in [0.15, 0.2) is 0 Å². The average Bonchev–Trinajstić information content (AvgIpc) is 3.12. The third kappa shape index (κ3) is 4.07. The molecule has 0 aliphatic heterocycles. The van der Waals surface area contributed by atoms with Crippen LogP contribution in [0.4, 0.5) is 11.6 Å². The summed E-state index contributed by atoms with van der Waals surface area (Å²) in [6.45, 7) is 1.74. The van der Waals surface area contributed by atoms with E-state index in [1.165, 1.54) is 47.4 Å². The van der Waals surface area contributed by atoms with Crippen LogP contribution in [0.25, 0.3) is 10.2 Å². The van der Waals surface area contributed by atoms with Gasteiger partial charge in [0.2, 0.25) is 11.7 Å². The van der Waals surface area contributed by atoms with E-state index in [0.29, 0.717) is 21.8 Å². The maximum Gasteiger partial charge on any atom is 0.264 e. The van der Waals surface area contributed by atoms with Gasteiger partial charge in [0.25, 0.3) is 10.0 Å². The Hall–Kier alpha value is -3.37. The fraction of sp³-hybridized carbons (Fsp3) is 0.217. The molecule has 0 amide bonds. The number of thiophene rings is 1. The summed E-state index contributed by atoms with van der Waals surface area (Å²) < 4.78 is 27.7. The van der Waals surface area contributed by atoms with Crippen molar-refractivity contribution >= 4 is 49.0 Å². The number of hydrogen-bond donors (Lipinski definition) is 2. The second kappa shape index (κ2) is 8.20. The Balaban J connectivity index is 1.43. The highest BCUT2D eigenvalue weighted by atomic mass is 32.2. The maximum absolute atomic E-state index is 13.2. The average molecular weight is 480 g/mol. The summed E-state index contributed by atoms with van der Waals surface area (Å²) in [7, 11) is -3.89. The lowest BCUT2D eigenvalue weighted by Gasteiger charge is -2.14. The van der Waals surface area contributed by atoms with E-state index < -0.39 is 10.0 Å². The van der Waals surface area contributed by atoms with E-state index in [2.05, 4.69) is 20.8 Å². The third-order valence-electron chi connectivity index (χ3n) is 5.65. The Bertz CT molecular complexity index is 1490. The maximum atomic E-state index is 13.2. The highest BCUT2D eigenvalue weighted by Gasteiger charge is 2.22. The van der Waals surface area contributed by atoms with Gasteiger partial charge in [-0.2, -0.15) is 0 Å². The molecule has 1 aromatic carbocycles. The summed E-state index contributed by atoms with van der Waals surface area (Å²) >= 11 is 1.28. The van der Waals surface area contributed by atoms with Crippen LogP contribution < -0.4 is 10.5 Å². The topological polar surface area (TPSA) is 128 Å². The van der Waals surface area contributed by atoms with Gasteiger partial charge in [-0.1, -0.05) is 0 Å². The van der Waals surface area contributed by atoms with Crippen molar-refractivity contribution < 1.29 is 13.2 Å². The van der Waals surface area contributed by atoms with Crippen LogP contribution >= 0.6 is 11.3 Å². The summed E-state index contributed by atoms with van der Waals surface area (Å²) in [6.07, 6.45) is 5.66. The number of sulfonamides is 1. The zero-order valence-corrected chi connectivity index (χ0v) is 19.5. The zero-order valence-electron chi connectivity index (χ0n) is 17.8. The molecule has 10 heteroatoms. The first-order valence-electron chi connectivity index (χ1n) is 10.5. The number of rotatable bonds is 5. The first-order valence-corrected chi connectivity index (χ1v) is 12.8. The fourth-order valence-corrected chi connectivity index (χ4v) is 5.93. The van der Waals surface area contributed by atoms with Gasteiger partial charge < -0.3 is 5.73 Å². The Labute approximate surface area is 195 Å². The minimum atomic E-state index is -3.89. The molecule has 0 bridgehead atoms. The normalized spacial score (nSPS) is 13.6. The van der Waals surface area contributed by atoms with E-state index in [9.17, 15) is 13.2 Å². The standard InChI is InChI=1S/C23H21N5O3S2/c1-13-10-11-25-23(26-13)28-33(30,31)16-8-6-14(7-9-16)20(29)21-19(24)17-12-15-4-2-3-5-18(15)27-22(17)32-21/h6-12H,2-5,24H2,1H3,(H,25,26,28). The van der Waals surface area contributed by atoms with E-state index >= 15 is 0 Å². The number of fused-ring (bicyclic) bond motifs is 2. The van der Waals surface area contributed by atoms with Crippen LogP contribution in [0, 0.1) is 6.92 Å². The van der Waals surface area contributed by atoms with Gasteiger partial charge in [0, 0.05) is 28.5 Å². The minimum absolute atomic E-state index is 0.00260. The van der Waals surface area contributed by atoms with Crippen LogP contribution in [-0.2, 0) is 22.9 Å². The number of benzene rings is 1. The number of nitrogens with two attached hydrogens (primary N) is 1. The van der Waals surface area contributed by atoms with Gasteiger partial charge in [0.1, 0.15) is 9.71 Å². The Kier molecular flexibility index (Phi) is 5.34. The third-order valence-corrected chi connectivity index (χ3v) is 8.11. The van der Waals surface area contributed by atoms with Crippen molar-refractivity contribution in [1.29, 1.82) is 0 Å². The smallest absolute Gasteiger partial charge is 0.264 e. The van der Waals surface area contributed by atoms with Crippen LogP contribution in [0.15, 0.2) is 47.5 Å². The number of aryl methyl sites for hydroxylation is 3. The molecular weight excluding hydrogens is 458 g/mol. The number of nitrogens with one attached hydrogen (secondary N) is 1. The fourth-order valence-electron chi connectivity index (χ4n) is 3.92. The second-order valence-electron chi connectivity index (χ2n) is 7.98. The Morgan fingerprint density at radius 1 is 1.09 bits per heavy atom. The molecular formula is C23H21N5O3S2. The van der Waals surface area contributed by atoms with E-state index in [1.807, 2.05) is 0 Å². The van der Waals surface area contributed by atoms with Crippen LogP contribution in [0.1, 0.15) is 45.0 Å². The van der Waals surface area contributed by atoms with Gasteiger partial charge in [0.05, 0.1) is 10.6 Å². The molecule has 33 heavy (non-hydrogen) atoms. The summed E-state index contributed by atoms with van der Waals surface area (Å²) in [4.78, 5) is 27.1. The Morgan fingerprint density at radius 3 is 2.61 bits per heavy atom. The minimum Gasteiger partial charge on any atom is -0.397 e. The predicted octanol–water partition coefficient (Wildman–Crippen LogP) is 3.89. The SMILES string of the molecule is Cc1ccnc(NS(=O)(=O)c2ccc(C(=O)c3sc4nc5c(cc4c3N)CCCC5)cc2)n1. The number of nitrogen functional groups attached to an aromatic ring is 1. The highest BCUT2D eigenvalue weighted by Crippen LogP contribution is 2.36. The van der Waals surface area contributed by atoms with Gasteiger partial charge in [-0.3, -0.25) is 4.79 Å². The molecule has 3 aromatic heterocycles. The van der Waals surface area contributed by atoms with Gasteiger partial charge >= 0.3 is 0 Å². The molecule has 0 radical (unpaired) electrons. The number of ketones is 1. The molecule has 3 N–H and O–H groups in total. The lowest BCUT2D eigenvalue weighted by Crippen LogP contribution is -2.15. The lowest BCUT2D eigenvalue weighted by atomic mass is 9.95. The monoisotopic (exact) mass is 479 g/mol. The molecule has 4 aromatic rings. The molecule has 168 valence electrons. The van der Waals surface area contributed by atoms with Crippen molar-refractivity contribution in [3.05, 3.63) is 70.0 Å². The number of nitrogens with zero attached hydrogens (tertiary/aromatic N) is 3. The van der Waals surface area contributed by atoms with Crippen molar-refractivity contribution in [2.24, 2.45) is 0 Å². The van der Waals surface area contributed by atoms with Crippen LogP contribution in [0.5, 0.6) is 0 Å². The summed E-state index contributed by atoms with van der Waals surface area (Å²) in [5.74, 6) is -0.268. The number of aromatic nitrogens is 3. The van der Waals surface area contributed by atoms with Gasteiger partial charge in [-0.05, 0) is 74.6 Å². The number of carbonyl (C=O) groups is 1. The summed E-state index contributed by atoms with van der Waals surface area (Å²) in [5, 5.41) is 0.811. The van der Waals surface area contributed by atoms with Crippen molar-refractivity contribution in [2.45, 2.75) is 37.5 Å². The molecule has 0 fully saturated rings. The highest BCUT2D eigenvalue weighted by molar-refractivity contribution is 7.92. The second-order valence-corrected chi connectivity index (χ2v) is 10.7. The number of pyridine rings is 1. The molecule has 5 rings (SSSR count). The molecule has 0 unspecified atom stereocenters. The lowest BCUT2D eigenvalue weighted by molar-refractivity contribution is 0.104. The number of anilines is 2. The van der Waals surface area contributed by atoms with Crippen LogP contribution in [-0.4, -0.2) is 29.2 Å². The van der Waals surface area contributed by atoms with E-state index in [-0.39, 0.29) is 16.6 Å². The molecule has 0 spiro atoms. The molecule has 1 aliphatic rings. The molecule has 0 saturated carbocycles. The summed E-state index contributed by atoms with van der Waals surface area (Å²) in [6, 6.07) is 9.46. The largest absolute Gasteiger partial charge is 0.397 e. The number of hydrogen-bond acceptors (Lipinski definition) is 8.